The van der Waals surface area contributed by atoms with Gasteiger partial charge in [0.25, 0.3) is 0 Å². The fourth-order valence-electron chi connectivity index (χ4n) is 0. The van der Waals surface area contributed by atoms with E-state index in [9.17, 15) is 0 Å². The van der Waals surface area contributed by atoms with Crippen LogP contribution in [0.1, 0.15) is 0 Å². The molecule has 0 saturated carbocycles. The summed E-state index contributed by atoms with van der Waals surface area (Å²) in [5.74, 6) is 0. The van der Waals surface area contributed by atoms with E-state index >= 15 is 0 Å². The molecule has 2 nitrogen and oxygen atoms in total. The average Bonchev–Trinajstić information content (AvgIpc) is 1.50. The molecular formula is Cu2O2. The Kier molecular flexibility index (Phi) is 137. The molecule has 0 spiro atoms. The minimum absolute atomic E-state index is 2.94. The standard InChI is InChI=1S/2Cu.2O. The van der Waals surface area contributed by atoms with Gasteiger partial charge in [-0.1, -0.05) is 0 Å². The van der Waals surface area contributed by atoms with Gasteiger partial charge in [-0.3, -0.25) is 0 Å². The predicted molar refractivity (Wildman–Crippen MR) is 1.37 cm³/mol. The van der Waals surface area contributed by atoms with Crippen LogP contribution in [0.5, 0.6) is 0 Å². The molecule has 0 aliphatic rings. The summed E-state index contributed by atoms with van der Waals surface area (Å²) in [5, 5.41) is 0. The van der Waals surface area contributed by atoms with E-state index in [1.54, 1.807) is 0 Å². The first-order valence-corrected chi connectivity index (χ1v) is 1.02. The van der Waals surface area contributed by atoms with Crippen LogP contribution >= 0.6 is 0 Å². The van der Waals surface area contributed by atoms with E-state index in [1.165, 1.54) is 0 Å². The van der Waals surface area contributed by atoms with Gasteiger partial charge in [0.15, 0.2) is 0 Å². The Balaban J connectivity index is 0. The van der Waals surface area contributed by atoms with Gasteiger partial charge in [-0.15, -0.1) is 0 Å². The van der Waals surface area contributed by atoms with E-state index in [0.717, 1.165) is 0 Å². The van der Waals surface area contributed by atoms with E-state index in [1.807, 2.05) is 0 Å². The van der Waals surface area contributed by atoms with Crippen LogP contribution in [0.15, 0.2) is 0 Å². The van der Waals surface area contributed by atoms with Crippen molar-refractivity contribution < 1.29 is 39.6 Å². The van der Waals surface area contributed by atoms with Crippen molar-refractivity contribution in [2.24, 2.45) is 0 Å². The van der Waals surface area contributed by atoms with Crippen molar-refractivity contribution >= 4 is 0 Å². The summed E-state index contributed by atoms with van der Waals surface area (Å²) in [6, 6.07) is 0. The fourth-order valence-corrected chi connectivity index (χ4v) is 0. The molecular weight excluding hydrogens is 159 g/mol. The van der Waals surface area contributed by atoms with Crippen molar-refractivity contribution in [1.82, 2.24) is 0 Å². The van der Waals surface area contributed by atoms with Crippen LogP contribution in [-0.4, -0.2) is 0 Å². The Labute approximate surface area is 40.0 Å². The number of hydrogen-bond acceptors (Lipinski definition) is 2. The molecule has 0 atom stereocenters. The second-order valence-corrected chi connectivity index (χ2v) is 0. The first-order valence-electron chi connectivity index (χ1n) is 0.246. The van der Waals surface area contributed by atoms with Crippen molar-refractivity contribution in [3.63, 3.8) is 0 Å². The van der Waals surface area contributed by atoms with Crippen LogP contribution in [0.2, 0.25) is 0 Å². The Morgan fingerprint density at radius 2 is 0.750 bits per heavy atom. The molecule has 0 aliphatic carbocycles. The number of hydrogen-bond donors (Lipinski definition) is 0. The second-order valence-electron chi connectivity index (χ2n) is 0. The van der Waals surface area contributed by atoms with Gasteiger partial charge in [0, 0.05) is 0 Å². The predicted octanol–water partition coefficient (Wildman–Crippen LogP) is -0.243. The molecule has 0 saturated heterocycles. The summed E-state index contributed by atoms with van der Waals surface area (Å²) in [7, 11) is 0. The zero-order chi connectivity index (χ0) is 4.00. The Bertz CT molecular complexity index is 6.00. The zero-order valence-corrected chi connectivity index (χ0v) is 3.30. The van der Waals surface area contributed by atoms with Gasteiger partial charge >= 0.3 is 39.6 Å². The molecule has 4 heavy (non-hydrogen) atoms. The first-order chi connectivity index (χ1) is 2.00. The molecule has 0 amide bonds. The summed E-state index contributed by atoms with van der Waals surface area (Å²) in [6.45, 7) is 0. The van der Waals surface area contributed by atoms with Crippen LogP contribution in [0.25, 0.3) is 0 Å². The molecule has 0 aromatic heterocycles. The van der Waals surface area contributed by atoms with E-state index in [2.05, 4.69) is 31.9 Å². The summed E-state index contributed by atoms with van der Waals surface area (Å²) in [4.78, 5) is 0. The fraction of sp³-hybridized carbons (Fsp3) is 0. The van der Waals surface area contributed by atoms with Crippen LogP contribution < -0.4 is 0 Å². The van der Waals surface area contributed by atoms with Crippen LogP contribution in [0.3, 0.4) is 0 Å². The monoisotopic (exact) mass is 158 g/mol. The van der Waals surface area contributed by atoms with Crippen LogP contribution in [0, 0.1) is 0 Å². The van der Waals surface area contributed by atoms with E-state index in [4.69, 9.17) is 7.67 Å². The molecule has 0 N–H and O–H groups in total. The van der Waals surface area contributed by atoms with Gasteiger partial charge in [0.2, 0.25) is 0 Å². The third-order valence-electron chi connectivity index (χ3n) is 0. The molecule has 0 aromatic carbocycles. The molecule has 0 unspecified atom stereocenters. The third kappa shape index (κ3) is 17.4. The molecule has 0 radical (unpaired) electrons. The molecule has 0 bridgehead atoms. The topological polar surface area (TPSA) is 34.1 Å². The van der Waals surface area contributed by atoms with E-state index < -0.39 is 0 Å². The van der Waals surface area contributed by atoms with Gasteiger partial charge in [-0.05, 0) is 0 Å². The van der Waals surface area contributed by atoms with Crippen molar-refractivity contribution in [3.8, 4) is 0 Å². The summed E-state index contributed by atoms with van der Waals surface area (Å²) in [5.41, 5.74) is 0. The normalized spacial score (nSPS) is 3.00. The Morgan fingerprint density at radius 1 is 0.750 bits per heavy atom. The number of rotatable bonds is 0. The molecule has 0 rings (SSSR count). The minimum atomic E-state index is 2.94. The van der Waals surface area contributed by atoms with Crippen molar-refractivity contribution in [1.29, 1.82) is 0 Å². The summed E-state index contributed by atoms with van der Waals surface area (Å²) in [6.07, 6.45) is 0. The van der Waals surface area contributed by atoms with Crippen LogP contribution in [-0.2, 0) is 39.6 Å². The van der Waals surface area contributed by atoms with Gasteiger partial charge in [-0.2, -0.15) is 0 Å². The van der Waals surface area contributed by atoms with Crippen LogP contribution in [0.4, 0.5) is 0 Å². The average molecular weight is 159 g/mol. The zero-order valence-electron chi connectivity index (χ0n) is 1.42. The van der Waals surface area contributed by atoms with E-state index in [-0.39, 0.29) is 0 Å². The van der Waals surface area contributed by atoms with Gasteiger partial charge in [-0.25, -0.2) is 0 Å². The maximum atomic E-state index is 7.81. The molecule has 0 heterocycles. The second kappa shape index (κ2) is 62.1. The Morgan fingerprint density at radius 3 is 0.750 bits per heavy atom. The SMILES string of the molecule is [O]=[Cu].[O]=[Cu]. The molecule has 0 aliphatic heterocycles. The molecule has 0 fully saturated rings. The summed E-state index contributed by atoms with van der Waals surface area (Å²) < 4.78 is 15.6. The first kappa shape index (κ1) is 8.82. The van der Waals surface area contributed by atoms with E-state index in [0.29, 0.717) is 0 Å². The summed E-state index contributed by atoms with van der Waals surface area (Å²) >= 11 is 5.88. The Hall–Kier alpha value is 0.639. The van der Waals surface area contributed by atoms with Gasteiger partial charge in [0.05, 0.1) is 0 Å². The van der Waals surface area contributed by atoms with Crippen molar-refractivity contribution in [2.45, 2.75) is 0 Å². The maximum absolute atomic E-state index is 7.81. The van der Waals surface area contributed by atoms with Gasteiger partial charge in [0.1, 0.15) is 0 Å². The van der Waals surface area contributed by atoms with Crippen molar-refractivity contribution in [3.05, 3.63) is 0 Å². The molecule has 4 heteroatoms. The van der Waals surface area contributed by atoms with Gasteiger partial charge < -0.3 is 0 Å². The molecule has 34 valence electrons. The quantitative estimate of drug-likeness (QED) is 0.457. The van der Waals surface area contributed by atoms with Crippen molar-refractivity contribution in [2.75, 3.05) is 0 Å². The molecule has 0 aromatic rings. The third-order valence-corrected chi connectivity index (χ3v) is 0.